The highest BCUT2D eigenvalue weighted by Gasteiger charge is 2.26. The zero-order chi connectivity index (χ0) is 22.1. The van der Waals surface area contributed by atoms with Crippen molar-refractivity contribution >= 4 is 11.8 Å². The first-order valence-corrected chi connectivity index (χ1v) is 11.5. The van der Waals surface area contributed by atoms with Gasteiger partial charge in [0.2, 0.25) is 5.91 Å². The third-order valence-electron chi connectivity index (χ3n) is 6.16. The van der Waals surface area contributed by atoms with E-state index in [1.165, 1.54) is 37.9 Å². The molecule has 1 aliphatic rings. The van der Waals surface area contributed by atoms with Gasteiger partial charge in [-0.1, -0.05) is 69.2 Å². The van der Waals surface area contributed by atoms with Crippen LogP contribution < -0.4 is 10.6 Å². The largest absolute Gasteiger partial charge is 0.350 e. The minimum absolute atomic E-state index is 0.0413. The molecule has 0 aromatic heterocycles. The average molecular weight is 422 g/mol. The van der Waals surface area contributed by atoms with Crippen molar-refractivity contribution < 1.29 is 9.59 Å². The summed E-state index contributed by atoms with van der Waals surface area (Å²) in [6, 6.07) is 16.9. The Morgan fingerprint density at radius 3 is 2.23 bits per heavy atom. The molecular formula is C26H35N3O2. The van der Waals surface area contributed by atoms with E-state index in [0.29, 0.717) is 12.1 Å². The Bertz CT molecular complexity index is 829. The van der Waals surface area contributed by atoms with Crippen molar-refractivity contribution in [3.63, 3.8) is 0 Å². The molecule has 2 aromatic carbocycles. The van der Waals surface area contributed by atoms with Gasteiger partial charge in [-0.25, -0.2) is 0 Å². The number of amides is 2. The maximum Gasteiger partial charge on any atom is 0.251 e. The van der Waals surface area contributed by atoms with Gasteiger partial charge in [0, 0.05) is 18.7 Å². The van der Waals surface area contributed by atoms with Crippen LogP contribution in [0.4, 0.5) is 0 Å². The molecule has 2 atom stereocenters. The van der Waals surface area contributed by atoms with Gasteiger partial charge in [0.15, 0.2) is 0 Å². The van der Waals surface area contributed by atoms with Crippen LogP contribution in [0.1, 0.15) is 61.0 Å². The van der Waals surface area contributed by atoms with E-state index in [2.05, 4.69) is 39.8 Å². The summed E-state index contributed by atoms with van der Waals surface area (Å²) in [7, 11) is 0. The van der Waals surface area contributed by atoms with Gasteiger partial charge in [0.05, 0.1) is 0 Å². The van der Waals surface area contributed by atoms with Gasteiger partial charge in [-0.15, -0.1) is 0 Å². The summed E-state index contributed by atoms with van der Waals surface area (Å²) in [5, 5.41) is 5.93. The quantitative estimate of drug-likeness (QED) is 0.640. The van der Waals surface area contributed by atoms with Gasteiger partial charge >= 0.3 is 0 Å². The van der Waals surface area contributed by atoms with E-state index in [9.17, 15) is 9.59 Å². The van der Waals surface area contributed by atoms with Gasteiger partial charge in [0.1, 0.15) is 6.04 Å². The fraction of sp³-hybridized carbons (Fsp3) is 0.462. The molecule has 1 aliphatic heterocycles. The summed E-state index contributed by atoms with van der Waals surface area (Å²) >= 11 is 0. The zero-order valence-electron chi connectivity index (χ0n) is 18.8. The lowest BCUT2D eigenvalue weighted by Crippen LogP contribution is -2.50. The number of likely N-dealkylation sites (tertiary alicyclic amines) is 1. The first-order chi connectivity index (χ1) is 15.1. The SMILES string of the molecule is CC[C@H](C)[C@H](NC(=O)c1ccccc1)C(=O)NCc1ccc(CN2CCCCC2)cc1. The van der Waals surface area contributed by atoms with E-state index in [1.54, 1.807) is 12.1 Å². The second kappa shape index (κ2) is 11.7. The van der Waals surface area contributed by atoms with Crippen molar-refractivity contribution in [2.45, 2.75) is 58.7 Å². The molecule has 0 spiro atoms. The maximum atomic E-state index is 12.9. The first-order valence-electron chi connectivity index (χ1n) is 11.5. The monoisotopic (exact) mass is 421 g/mol. The predicted molar refractivity (Wildman–Crippen MR) is 125 cm³/mol. The van der Waals surface area contributed by atoms with E-state index in [1.807, 2.05) is 32.0 Å². The van der Waals surface area contributed by atoms with Crippen LogP contribution in [-0.4, -0.2) is 35.8 Å². The summed E-state index contributed by atoms with van der Waals surface area (Å²) in [5.41, 5.74) is 2.94. The highest BCUT2D eigenvalue weighted by Crippen LogP contribution is 2.14. The topological polar surface area (TPSA) is 61.4 Å². The Morgan fingerprint density at radius 2 is 1.58 bits per heavy atom. The van der Waals surface area contributed by atoms with Gasteiger partial charge in [-0.2, -0.15) is 0 Å². The second-order valence-electron chi connectivity index (χ2n) is 8.57. The highest BCUT2D eigenvalue weighted by atomic mass is 16.2. The van der Waals surface area contributed by atoms with Crippen molar-refractivity contribution in [3.05, 3.63) is 71.3 Å². The molecule has 0 aliphatic carbocycles. The van der Waals surface area contributed by atoms with E-state index in [4.69, 9.17) is 0 Å². The van der Waals surface area contributed by atoms with Crippen LogP contribution in [0, 0.1) is 5.92 Å². The summed E-state index contributed by atoms with van der Waals surface area (Å²) in [5.74, 6) is -0.321. The molecule has 1 saturated heterocycles. The maximum absolute atomic E-state index is 12.9. The highest BCUT2D eigenvalue weighted by molar-refractivity contribution is 5.97. The second-order valence-corrected chi connectivity index (χ2v) is 8.57. The van der Waals surface area contributed by atoms with Crippen molar-refractivity contribution in [1.82, 2.24) is 15.5 Å². The molecule has 0 saturated carbocycles. The Hall–Kier alpha value is -2.66. The Balaban J connectivity index is 1.54. The molecule has 3 rings (SSSR count). The van der Waals surface area contributed by atoms with Gasteiger partial charge in [-0.05, 0) is 55.1 Å². The van der Waals surface area contributed by atoms with Crippen LogP contribution >= 0.6 is 0 Å². The van der Waals surface area contributed by atoms with E-state index >= 15 is 0 Å². The molecular weight excluding hydrogens is 386 g/mol. The smallest absolute Gasteiger partial charge is 0.251 e. The minimum Gasteiger partial charge on any atom is -0.350 e. The number of piperidine rings is 1. The Labute approximate surface area is 186 Å². The molecule has 1 fully saturated rings. The van der Waals surface area contributed by atoms with Crippen molar-refractivity contribution in [3.8, 4) is 0 Å². The number of rotatable bonds is 9. The minimum atomic E-state index is -0.559. The van der Waals surface area contributed by atoms with Gasteiger partial charge < -0.3 is 10.6 Å². The lowest BCUT2D eigenvalue weighted by Gasteiger charge is -2.26. The standard InChI is InChI=1S/C26H35N3O2/c1-3-20(2)24(28-25(30)23-10-6-4-7-11-23)26(31)27-18-21-12-14-22(15-13-21)19-29-16-8-5-9-17-29/h4,6-7,10-15,20,24H,3,5,8-9,16-19H2,1-2H3,(H,27,31)(H,28,30)/t20-,24-/m0/s1. The number of benzene rings is 2. The fourth-order valence-electron chi connectivity index (χ4n) is 3.95. The molecule has 2 N–H and O–H groups in total. The number of hydrogen-bond acceptors (Lipinski definition) is 3. The number of nitrogens with one attached hydrogen (secondary N) is 2. The number of carbonyl (C=O) groups is 2. The van der Waals surface area contributed by atoms with Gasteiger partial charge in [0.25, 0.3) is 5.91 Å². The third kappa shape index (κ3) is 6.93. The Morgan fingerprint density at radius 1 is 0.935 bits per heavy atom. The predicted octanol–water partition coefficient (Wildman–Crippen LogP) is 4.13. The van der Waals surface area contributed by atoms with E-state index in [0.717, 1.165) is 18.5 Å². The molecule has 0 bridgehead atoms. The van der Waals surface area contributed by atoms with Crippen molar-refractivity contribution in [2.24, 2.45) is 5.92 Å². The zero-order valence-corrected chi connectivity index (χ0v) is 18.8. The molecule has 5 heteroatoms. The van der Waals surface area contributed by atoms with Gasteiger partial charge in [-0.3, -0.25) is 14.5 Å². The van der Waals surface area contributed by atoms with Crippen LogP contribution in [0.3, 0.4) is 0 Å². The lowest BCUT2D eigenvalue weighted by atomic mass is 9.97. The van der Waals surface area contributed by atoms with Crippen molar-refractivity contribution in [1.29, 1.82) is 0 Å². The van der Waals surface area contributed by atoms with E-state index in [-0.39, 0.29) is 17.7 Å². The van der Waals surface area contributed by atoms with Crippen LogP contribution in [0.25, 0.3) is 0 Å². The first kappa shape index (κ1) is 23.0. The van der Waals surface area contributed by atoms with E-state index < -0.39 is 6.04 Å². The number of carbonyl (C=O) groups excluding carboxylic acids is 2. The van der Waals surface area contributed by atoms with Crippen LogP contribution in [0.5, 0.6) is 0 Å². The number of hydrogen-bond donors (Lipinski definition) is 2. The summed E-state index contributed by atoms with van der Waals surface area (Å²) in [6.07, 6.45) is 4.74. The Kier molecular flexibility index (Phi) is 8.65. The third-order valence-corrected chi connectivity index (χ3v) is 6.16. The van der Waals surface area contributed by atoms with Crippen LogP contribution in [-0.2, 0) is 17.9 Å². The molecule has 166 valence electrons. The van der Waals surface area contributed by atoms with Crippen LogP contribution in [0.15, 0.2) is 54.6 Å². The van der Waals surface area contributed by atoms with Crippen molar-refractivity contribution in [2.75, 3.05) is 13.1 Å². The molecule has 1 heterocycles. The summed E-state index contributed by atoms with van der Waals surface area (Å²) < 4.78 is 0. The molecule has 2 amide bonds. The summed E-state index contributed by atoms with van der Waals surface area (Å²) in [6.45, 7) is 7.84. The molecule has 0 radical (unpaired) electrons. The molecule has 2 aromatic rings. The normalized spacial score (nSPS) is 16.3. The summed E-state index contributed by atoms with van der Waals surface area (Å²) in [4.78, 5) is 27.9. The molecule has 0 unspecified atom stereocenters. The molecule has 31 heavy (non-hydrogen) atoms. The lowest BCUT2D eigenvalue weighted by molar-refractivity contribution is -0.124. The fourth-order valence-corrected chi connectivity index (χ4v) is 3.95. The molecule has 5 nitrogen and oxygen atoms in total. The van der Waals surface area contributed by atoms with Crippen LogP contribution in [0.2, 0.25) is 0 Å². The number of nitrogens with zero attached hydrogens (tertiary/aromatic N) is 1. The average Bonchev–Trinajstić information content (AvgIpc) is 2.82.